The highest BCUT2D eigenvalue weighted by atomic mass is 35.5. The summed E-state index contributed by atoms with van der Waals surface area (Å²) < 4.78 is 22.9. The van der Waals surface area contributed by atoms with Gasteiger partial charge in [-0.25, -0.2) is 15.0 Å². The Labute approximate surface area is 180 Å². The molecule has 2 heterocycles. The first kappa shape index (κ1) is 22.1. The van der Waals surface area contributed by atoms with E-state index in [1.54, 1.807) is 0 Å². The molecule has 3 rings (SSSR count). The maximum Gasteiger partial charge on any atom is 0.359 e. The van der Waals surface area contributed by atoms with Gasteiger partial charge in [0.15, 0.2) is 5.13 Å². The topological polar surface area (TPSA) is 144 Å². The zero-order valence-corrected chi connectivity index (χ0v) is 18.1. The summed E-state index contributed by atoms with van der Waals surface area (Å²) in [7, 11) is -4.46. The summed E-state index contributed by atoms with van der Waals surface area (Å²) >= 11 is 6.94. The summed E-state index contributed by atoms with van der Waals surface area (Å²) in [6.45, 7) is 3.66. The van der Waals surface area contributed by atoms with Gasteiger partial charge < -0.3 is 19.3 Å². The Kier molecular flexibility index (Phi) is 6.69. The van der Waals surface area contributed by atoms with Crippen molar-refractivity contribution in [2.45, 2.75) is 20.0 Å². The Morgan fingerprint density at radius 1 is 1.13 bits per heavy atom. The zero-order chi connectivity index (χ0) is 21.9. The summed E-state index contributed by atoms with van der Waals surface area (Å²) in [4.78, 5) is 42.4. The van der Waals surface area contributed by atoms with Crippen molar-refractivity contribution < 1.29 is 28.6 Å². The smallest absolute Gasteiger partial charge is 0.359 e. The maximum atomic E-state index is 12.6. The number of amides is 1. The van der Waals surface area contributed by atoms with E-state index >= 15 is 0 Å². The van der Waals surface area contributed by atoms with Crippen molar-refractivity contribution in [3.63, 3.8) is 0 Å². The zero-order valence-electron chi connectivity index (χ0n) is 15.6. The number of ether oxygens (including phenoxy) is 2. The summed E-state index contributed by atoms with van der Waals surface area (Å²) in [6, 6.07) is 4.36. The molecule has 158 valence electrons. The van der Waals surface area contributed by atoms with E-state index in [0.29, 0.717) is 15.2 Å². The summed E-state index contributed by atoms with van der Waals surface area (Å²) in [5.41, 5.74) is 0.223. The molecule has 0 bridgehead atoms. The van der Waals surface area contributed by atoms with Crippen LogP contribution in [0.1, 0.15) is 24.2 Å². The first-order chi connectivity index (χ1) is 14.1. The average molecular weight is 471 g/mol. The third kappa shape index (κ3) is 5.97. The van der Waals surface area contributed by atoms with Gasteiger partial charge in [-0.1, -0.05) is 22.9 Å². The minimum atomic E-state index is -4.46. The molecule has 2 aromatic heterocycles. The van der Waals surface area contributed by atoms with E-state index in [-0.39, 0.29) is 28.7 Å². The Hall–Kier alpha value is -2.56. The van der Waals surface area contributed by atoms with Gasteiger partial charge in [0.05, 0.1) is 12.3 Å². The number of anilines is 1. The van der Waals surface area contributed by atoms with Crippen molar-refractivity contribution in [2.75, 3.05) is 5.32 Å². The van der Waals surface area contributed by atoms with Gasteiger partial charge in [0, 0.05) is 24.0 Å². The van der Waals surface area contributed by atoms with Crippen molar-refractivity contribution in [3.8, 4) is 17.5 Å². The minimum absolute atomic E-state index is 0.160. The molecular formula is C17H16ClN4O6PS. The molecular weight excluding hydrogens is 455 g/mol. The lowest BCUT2D eigenvalue weighted by Gasteiger charge is -2.13. The van der Waals surface area contributed by atoms with Gasteiger partial charge in [0.25, 0.3) is 5.91 Å². The number of hydrogen-bond acceptors (Lipinski definition) is 8. The number of carbonyl (C=O) groups excluding carboxylic acids is 1. The number of carbonyl (C=O) groups is 1. The van der Waals surface area contributed by atoms with Gasteiger partial charge in [-0.3, -0.25) is 14.7 Å². The Morgan fingerprint density at radius 3 is 2.37 bits per heavy atom. The molecule has 13 heteroatoms. The van der Waals surface area contributed by atoms with Crippen LogP contribution in [0.25, 0.3) is 0 Å². The molecule has 0 fully saturated rings. The Morgan fingerprint density at radius 2 is 1.80 bits per heavy atom. The van der Waals surface area contributed by atoms with Crippen LogP contribution in [0.2, 0.25) is 4.34 Å². The van der Waals surface area contributed by atoms with Crippen LogP contribution in [0, 0.1) is 0 Å². The fourth-order valence-electron chi connectivity index (χ4n) is 2.20. The van der Waals surface area contributed by atoms with E-state index in [0.717, 1.165) is 23.7 Å². The van der Waals surface area contributed by atoms with Crippen LogP contribution in [0.5, 0.6) is 17.5 Å². The van der Waals surface area contributed by atoms with Crippen LogP contribution < -0.4 is 20.1 Å². The molecule has 1 aromatic carbocycles. The van der Waals surface area contributed by atoms with Crippen molar-refractivity contribution in [2.24, 2.45) is 0 Å². The van der Waals surface area contributed by atoms with E-state index in [2.05, 4.69) is 20.3 Å². The molecule has 30 heavy (non-hydrogen) atoms. The lowest BCUT2D eigenvalue weighted by atomic mass is 10.2. The van der Waals surface area contributed by atoms with Crippen LogP contribution in [0.3, 0.4) is 0 Å². The van der Waals surface area contributed by atoms with E-state index in [1.165, 1.54) is 24.4 Å². The predicted molar refractivity (Wildman–Crippen MR) is 111 cm³/mol. The number of halogens is 1. The van der Waals surface area contributed by atoms with E-state index in [4.69, 9.17) is 30.9 Å². The lowest BCUT2D eigenvalue weighted by Crippen LogP contribution is -2.13. The van der Waals surface area contributed by atoms with Gasteiger partial charge in [0.1, 0.15) is 21.1 Å². The highest BCUT2D eigenvalue weighted by Gasteiger charge is 2.19. The van der Waals surface area contributed by atoms with Gasteiger partial charge in [0.2, 0.25) is 0 Å². The van der Waals surface area contributed by atoms with Crippen LogP contribution in [0.4, 0.5) is 5.13 Å². The number of nitrogens with one attached hydrogen (secondary N) is 1. The fourth-order valence-corrected chi connectivity index (χ4v) is 3.42. The molecule has 0 aliphatic rings. The second kappa shape index (κ2) is 9.07. The molecule has 0 spiro atoms. The summed E-state index contributed by atoms with van der Waals surface area (Å²) in [5, 5.41) is 2.62. The van der Waals surface area contributed by atoms with Crippen LogP contribution in [-0.4, -0.2) is 36.7 Å². The van der Waals surface area contributed by atoms with Crippen LogP contribution >= 0.6 is 30.5 Å². The predicted octanol–water partition coefficient (Wildman–Crippen LogP) is 3.22. The third-order valence-corrected chi connectivity index (χ3v) is 5.31. The molecule has 0 radical (unpaired) electrons. The Bertz CT molecular complexity index is 1100. The van der Waals surface area contributed by atoms with Crippen molar-refractivity contribution in [1.82, 2.24) is 15.0 Å². The lowest BCUT2D eigenvalue weighted by molar-refractivity contribution is 0.102. The highest BCUT2D eigenvalue weighted by molar-refractivity contribution is 7.60. The fraction of sp³-hybridized carbons (Fsp3) is 0.176. The third-order valence-electron chi connectivity index (χ3n) is 3.37. The number of rotatable bonds is 7. The molecule has 10 nitrogen and oxygen atoms in total. The number of thiazole rings is 1. The molecule has 0 saturated heterocycles. The standard InChI is InChI=1S/C17H16ClN4O6PS/c1-9(2)27-11-3-10(15(23)22-17-21-8-14(18)30-17)4-12(5-11)28-16-19-6-13(7-20-16)29(24,25)26/h3-9H,1-2H3,(H,21,22,23)(H2,24,25,26). The SMILES string of the molecule is CC(C)Oc1cc(Oc2ncc(P(=O)(O)O)cn2)cc(C(=O)Nc2ncc(Cl)s2)c1. The van der Waals surface area contributed by atoms with E-state index in [9.17, 15) is 9.36 Å². The first-order valence-corrected chi connectivity index (χ1v) is 11.2. The van der Waals surface area contributed by atoms with Crippen molar-refractivity contribution >= 4 is 46.9 Å². The van der Waals surface area contributed by atoms with Gasteiger partial charge >= 0.3 is 13.6 Å². The second-order valence-corrected chi connectivity index (χ2v) is 9.42. The molecule has 0 aliphatic heterocycles. The van der Waals surface area contributed by atoms with Gasteiger partial charge in [-0.15, -0.1) is 0 Å². The van der Waals surface area contributed by atoms with E-state index in [1.807, 2.05) is 13.8 Å². The number of hydrogen-bond donors (Lipinski definition) is 3. The van der Waals surface area contributed by atoms with Crippen molar-refractivity contribution in [3.05, 3.63) is 46.7 Å². The molecule has 0 saturated carbocycles. The van der Waals surface area contributed by atoms with Crippen molar-refractivity contribution in [1.29, 1.82) is 0 Å². The average Bonchev–Trinajstić information content (AvgIpc) is 3.05. The normalized spacial score (nSPS) is 11.4. The monoisotopic (exact) mass is 470 g/mol. The largest absolute Gasteiger partial charge is 0.491 e. The van der Waals surface area contributed by atoms with Gasteiger partial charge in [-0.05, 0) is 26.0 Å². The second-order valence-electron chi connectivity index (χ2n) is 6.15. The molecule has 3 aromatic rings. The molecule has 1 amide bonds. The minimum Gasteiger partial charge on any atom is -0.491 e. The Balaban J connectivity index is 1.86. The van der Waals surface area contributed by atoms with Crippen LogP contribution in [-0.2, 0) is 4.57 Å². The molecule has 0 aliphatic carbocycles. The maximum absolute atomic E-state index is 12.6. The summed E-state index contributed by atoms with van der Waals surface area (Å²) in [6.07, 6.45) is 3.20. The quantitative estimate of drug-likeness (QED) is 0.443. The van der Waals surface area contributed by atoms with E-state index < -0.39 is 13.5 Å². The molecule has 3 N–H and O–H groups in total. The number of benzene rings is 1. The molecule has 0 unspecified atom stereocenters. The highest BCUT2D eigenvalue weighted by Crippen LogP contribution is 2.33. The van der Waals surface area contributed by atoms with Crippen LogP contribution in [0.15, 0.2) is 36.8 Å². The first-order valence-electron chi connectivity index (χ1n) is 8.40. The summed E-state index contributed by atoms with van der Waals surface area (Å²) in [5.74, 6) is 0.105. The van der Waals surface area contributed by atoms with Gasteiger partial charge in [-0.2, -0.15) is 0 Å². The number of nitrogens with zero attached hydrogens (tertiary/aromatic N) is 3. The molecule has 0 atom stereocenters. The number of aromatic nitrogens is 3.